The second-order valence-electron chi connectivity index (χ2n) is 14.2. The first-order valence-corrected chi connectivity index (χ1v) is 16.8. The molecule has 1 unspecified atom stereocenters. The minimum Gasteiger partial charge on any atom is -0.355 e. The summed E-state index contributed by atoms with van der Waals surface area (Å²) in [6.07, 6.45) is 10.3. The Balaban J connectivity index is 1.01. The molecule has 1 aromatic carbocycles. The number of rotatable bonds is 6. The van der Waals surface area contributed by atoms with Crippen LogP contribution in [0.25, 0.3) is 0 Å². The molecule has 0 spiro atoms. The molecule has 6 heterocycles. The van der Waals surface area contributed by atoms with E-state index in [1.165, 1.54) is 0 Å². The number of aryl methyl sites for hydroxylation is 1. The second kappa shape index (κ2) is 12.1. The zero-order valence-electron chi connectivity index (χ0n) is 28.3. The largest absolute Gasteiger partial charge is 0.355 e. The number of benzene rings is 1. The van der Waals surface area contributed by atoms with Gasteiger partial charge >= 0.3 is 0 Å². The van der Waals surface area contributed by atoms with Gasteiger partial charge in [-0.15, -0.1) is 0 Å². The molecule has 1 N–H and O–H groups in total. The van der Waals surface area contributed by atoms with E-state index in [2.05, 4.69) is 34.0 Å². The third-order valence-electron chi connectivity index (χ3n) is 10.9. The highest BCUT2D eigenvalue weighted by Crippen LogP contribution is 2.39. The van der Waals surface area contributed by atoms with Gasteiger partial charge in [-0.25, -0.2) is 4.98 Å². The van der Waals surface area contributed by atoms with Gasteiger partial charge in [-0.3, -0.25) is 43.9 Å². The van der Waals surface area contributed by atoms with Crippen LogP contribution < -0.4 is 15.1 Å². The van der Waals surface area contributed by atoms with Crippen LogP contribution in [0.15, 0.2) is 43.0 Å². The number of nitrogens with zero attached hydrogens (tertiary/aromatic N) is 8. The van der Waals surface area contributed by atoms with Crippen molar-refractivity contribution in [3.8, 4) is 0 Å². The fourth-order valence-electron chi connectivity index (χ4n) is 7.55. The highest BCUT2D eigenvalue weighted by Gasteiger charge is 2.46. The van der Waals surface area contributed by atoms with Crippen molar-refractivity contribution in [1.29, 1.82) is 0 Å². The average molecular weight is 668 g/mol. The van der Waals surface area contributed by atoms with Gasteiger partial charge in [0.15, 0.2) is 0 Å². The number of carbonyl (C=O) groups is 5. The third-order valence-corrected chi connectivity index (χ3v) is 10.9. The number of piperidine rings is 3. The Morgan fingerprint density at radius 2 is 1.69 bits per heavy atom. The summed E-state index contributed by atoms with van der Waals surface area (Å²) >= 11 is 0. The van der Waals surface area contributed by atoms with Crippen molar-refractivity contribution in [2.24, 2.45) is 5.41 Å². The van der Waals surface area contributed by atoms with E-state index in [1.807, 2.05) is 34.6 Å². The lowest BCUT2D eigenvalue weighted by atomic mass is 9.78. The molecule has 14 heteroatoms. The molecule has 3 aromatic rings. The van der Waals surface area contributed by atoms with Crippen LogP contribution in [0, 0.1) is 12.3 Å². The highest BCUT2D eigenvalue weighted by molar-refractivity contribution is 6.25. The standard InChI is InChI=1S/C35H41N9O5/c1-22-18-36-20-27(38-22)41-14-10-34(2,11-15-41)33(49)42-16-12-35(3,13-17-42)43-21-23(19-37-43)40(4)25-7-5-6-24-29(25)32(48)44(31(24)47)26-8-9-28(45)39-30(26)46/h5-7,18-21,26H,8-17H2,1-4H3,(H,39,45,46). The topological polar surface area (TPSA) is 154 Å². The molecule has 4 aliphatic heterocycles. The lowest BCUT2D eigenvalue weighted by Crippen LogP contribution is -2.54. The van der Waals surface area contributed by atoms with Crippen LogP contribution in [0.5, 0.6) is 0 Å². The van der Waals surface area contributed by atoms with Crippen molar-refractivity contribution in [2.75, 3.05) is 43.0 Å². The quantitative estimate of drug-likeness (QED) is 0.388. The monoisotopic (exact) mass is 667 g/mol. The van der Waals surface area contributed by atoms with Gasteiger partial charge < -0.3 is 14.7 Å². The summed E-state index contributed by atoms with van der Waals surface area (Å²) in [6, 6.07) is 4.03. The molecule has 5 amide bonds. The number of likely N-dealkylation sites (tertiary alicyclic amines) is 1. The van der Waals surface area contributed by atoms with Gasteiger partial charge in [0.05, 0.1) is 46.1 Å². The summed E-state index contributed by atoms with van der Waals surface area (Å²) in [7, 11) is 1.81. The number of hydrogen-bond acceptors (Lipinski definition) is 10. The zero-order valence-corrected chi connectivity index (χ0v) is 28.3. The number of nitrogens with one attached hydrogen (secondary N) is 1. The lowest BCUT2D eigenvalue weighted by molar-refractivity contribution is -0.144. The predicted octanol–water partition coefficient (Wildman–Crippen LogP) is 2.79. The van der Waals surface area contributed by atoms with Crippen LogP contribution in [0.2, 0.25) is 0 Å². The summed E-state index contributed by atoms with van der Waals surface area (Å²) in [6.45, 7) is 8.93. The molecule has 1 atom stereocenters. The Labute approximate surface area is 284 Å². The molecule has 14 nitrogen and oxygen atoms in total. The number of anilines is 3. The first kappa shape index (κ1) is 32.4. The number of amides is 5. The Morgan fingerprint density at radius 3 is 2.39 bits per heavy atom. The number of fused-ring (bicyclic) bond motifs is 1. The molecular weight excluding hydrogens is 626 g/mol. The van der Waals surface area contributed by atoms with E-state index < -0.39 is 35.1 Å². The van der Waals surface area contributed by atoms with Gasteiger partial charge in [-0.05, 0) is 58.1 Å². The van der Waals surface area contributed by atoms with Gasteiger partial charge in [-0.1, -0.05) is 13.0 Å². The second-order valence-corrected chi connectivity index (χ2v) is 14.2. The fourth-order valence-corrected chi connectivity index (χ4v) is 7.55. The maximum Gasteiger partial charge on any atom is 0.264 e. The van der Waals surface area contributed by atoms with Crippen LogP contribution >= 0.6 is 0 Å². The Kier molecular flexibility index (Phi) is 7.99. The summed E-state index contributed by atoms with van der Waals surface area (Å²) in [5.74, 6) is -1.10. The van der Waals surface area contributed by atoms with Gasteiger partial charge in [0.1, 0.15) is 11.9 Å². The molecule has 0 aliphatic carbocycles. The molecule has 256 valence electrons. The van der Waals surface area contributed by atoms with Crippen LogP contribution in [-0.4, -0.2) is 98.4 Å². The number of carbonyl (C=O) groups excluding carboxylic acids is 5. The lowest BCUT2D eigenvalue weighted by Gasteiger charge is -2.45. The summed E-state index contributed by atoms with van der Waals surface area (Å²) < 4.78 is 1.94. The first-order chi connectivity index (χ1) is 23.4. The first-order valence-electron chi connectivity index (χ1n) is 16.8. The van der Waals surface area contributed by atoms with E-state index in [1.54, 1.807) is 36.8 Å². The highest BCUT2D eigenvalue weighted by atomic mass is 16.2. The van der Waals surface area contributed by atoms with Crippen LogP contribution in [0.3, 0.4) is 0 Å². The third kappa shape index (κ3) is 5.62. The maximum atomic E-state index is 13.8. The molecule has 0 radical (unpaired) electrons. The Bertz CT molecular complexity index is 1850. The van der Waals surface area contributed by atoms with Crippen molar-refractivity contribution in [2.45, 2.75) is 70.9 Å². The SMILES string of the molecule is Cc1cncc(N2CCC(C)(C(=O)N3CCC(C)(n4cc(N(C)c5cccc6c5C(=O)N(C5CCC(=O)NC5=O)C6=O)cn4)CC3)CC2)n1. The predicted molar refractivity (Wildman–Crippen MR) is 179 cm³/mol. The molecular formula is C35H41N9O5. The number of hydrogen-bond donors (Lipinski definition) is 1. The minimum absolute atomic E-state index is 0.0586. The molecule has 2 aromatic heterocycles. The molecule has 0 bridgehead atoms. The van der Waals surface area contributed by atoms with Gasteiger partial charge in [0, 0.05) is 57.5 Å². The van der Waals surface area contributed by atoms with E-state index in [-0.39, 0.29) is 35.4 Å². The summed E-state index contributed by atoms with van der Waals surface area (Å²) in [5, 5.41) is 6.95. The zero-order chi connectivity index (χ0) is 34.7. The smallest absolute Gasteiger partial charge is 0.264 e. The van der Waals surface area contributed by atoms with Crippen LogP contribution in [0.4, 0.5) is 17.2 Å². The van der Waals surface area contributed by atoms with Gasteiger partial charge in [-0.2, -0.15) is 5.10 Å². The van der Waals surface area contributed by atoms with Crippen LogP contribution in [0.1, 0.15) is 78.8 Å². The summed E-state index contributed by atoms with van der Waals surface area (Å²) in [4.78, 5) is 81.0. The molecule has 3 fully saturated rings. The molecule has 0 saturated carbocycles. The molecule has 3 saturated heterocycles. The Hall–Kier alpha value is -5.14. The van der Waals surface area contributed by atoms with Crippen LogP contribution in [-0.2, 0) is 19.9 Å². The van der Waals surface area contributed by atoms with Crippen molar-refractivity contribution in [1.82, 2.24) is 34.9 Å². The van der Waals surface area contributed by atoms with Crippen molar-refractivity contribution in [3.63, 3.8) is 0 Å². The minimum atomic E-state index is -1.03. The number of aromatic nitrogens is 4. The van der Waals surface area contributed by atoms with Gasteiger partial charge in [0.2, 0.25) is 17.7 Å². The summed E-state index contributed by atoms with van der Waals surface area (Å²) in [5.41, 5.74) is 1.82. The Morgan fingerprint density at radius 1 is 0.959 bits per heavy atom. The van der Waals surface area contributed by atoms with E-state index in [0.717, 1.165) is 60.9 Å². The van der Waals surface area contributed by atoms with Crippen molar-refractivity contribution < 1.29 is 24.0 Å². The molecule has 49 heavy (non-hydrogen) atoms. The normalized spacial score (nSPS) is 21.9. The number of imide groups is 2. The van der Waals surface area contributed by atoms with E-state index in [9.17, 15) is 24.0 Å². The molecule has 7 rings (SSSR count). The van der Waals surface area contributed by atoms with E-state index in [0.29, 0.717) is 18.8 Å². The van der Waals surface area contributed by atoms with Crippen molar-refractivity contribution >= 4 is 46.7 Å². The van der Waals surface area contributed by atoms with Crippen molar-refractivity contribution in [3.05, 3.63) is 59.8 Å². The molecule has 4 aliphatic rings. The van der Waals surface area contributed by atoms with E-state index in [4.69, 9.17) is 5.10 Å². The van der Waals surface area contributed by atoms with Gasteiger partial charge in [0.25, 0.3) is 11.8 Å². The van der Waals surface area contributed by atoms with E-state index >= 15 is 0 Å². The average Bonchev–Trinajstić information content (AvgIpc) is 3.69. The maximum absolute atomic E-state index is 13.8. The fraction of sp³-hybridized carbons (Fsp3) is 0.486.